The first kappa shape index (κ1) is 17.2. The summed E-state index contributed by atoms with van der Waals surface area (Å²) in [5.74, 6) is 0.892. The van der Waals surface area contributed by atoms with Crippen LogP contribution in [0.4, 0.5) is 0 Å². The van der Waals surface area contributed by atoms with Gasteiger partial charge in [0, 0.05) is 25.3 Å². The molecule has 1 atom stereocenters. The number of aromatic nitrogens is 1. The maximum absolute atomic E-state index is 12.4. The minimum absolute atomic E-state index is 0.0838. The number of aryl methyl sites for hydroxylation is 1. The summed E-state index contributed by atoms with van der Waals surface area (Å²) < 4.78 is 11.5. The Hall–Kier alpha value is -1.66. The van der Waals surface area contributed by atoms with E-state index in [1.54, 1.807) is 6.20 Å². The molecule has 0 bridgehead atoms. The smallest absolute Gasteiger partial charge is 0.226 e. The lowest BCUT2D eigenvalue weighted by molar-refractivity contribution is -0.127. The predicted molar refractivity (Wildman–Crippen MR) is 91.0 cm³/mol. The average molecular weight is 333 g/mol. The van der Waals surface area contributed by atoms with Crippen LogP contribution in [-0.4, -0.2) is 49.3 Å². The van der Waals surface area contributed by atoms with Crippen molar-refractivity contribution >= 4 is 5.91 Å². The summed E-state index contributed by atoms with van der Waals surface area (Å²) >= 11 is 0. The Morgan fingerprint density at radius 2 is 2.21 bits per heavy atom. The number of ether oxygens (including phenoxy) is 2. The minimum Gasteiger partial charge on any atom is -0.489 e. The summed E-state index contributed by atoms with van der Waals surface area (Å²) in [5, 5.41) is 6.43. The van der Waals surface area contributed by atoms with Crippen LogP contribution in [0.3, 0.4) is 0 Å². The lowest BCUT2D eigenvalue weighted by atomic mass is 9.92. The molecule has 1 aliphatic heterocycles. The lowest BCUT2D eigenvalue weighted by Gasteiger charge is -2.30. The van der Waals surface area contributed by atoms with Crippen LogP contribution < -0.4 is 15.4 Å². The summed E-state index contributed by atoms with van der Waals surface area (Å²) in [6.07, 6.45) is 5.81. The van der Waals surface area contributed by atoms with Crippen molar-refractivity contribution in [2.75, 3.05) is 26.3 Å². The van der Waals surface area contributed by atoms with Gasteiger partial charge in [-0.2, -0.15) is 0 Å². The van der Waals surface area contributed by atoms with E-state index in [1.165, 1.54) is 0 Å². The van der Waals surface area contributed by atoms with Crippen LogP contribution >= 0.6 is 0 Å². The van der Waals surface area contributed by atoms with Gasteiger partial charge in [-0.15, -0.1) is 0 Å². The maximum atomic E-state index is 12.4. The van der Waals surface area contributed by atoms with Gasteiger partial charge < -0.3 is 20.1 Å². The van der Waals surface area contributed by atoms with Crippen molar-refractivity contribution in [3.8, 4) is 5.75 Å². The van der Waals surface area contributed by atoms with Crippen LogP contribution in [0, 0.1) is 12.8 Å². The summed E-state index contributed by atoms with van der Waals surface area (Å²) in [5.41, 5.74) is 0.925. The molecule has 3 rings (SSSR count). The SMILES string of the molecule is Cc1ncccc1OC1CCC(NC(=O)C2CNCCOC2)CC1. The van der Waals surface area contributed by atoms with E-state index in [9.17, 15) is 4.79 Å². The van der Waals surface area contributed by atoms with E-state index in [2.05, 4.69) is 15.6 Å². The molecule has 1 amide bonds. The number of hydrogen-bond acceptors (Lipinski definition) is 5. The monoisotopic (exact) mass is 333 g/mol. The highest BCUT2D eigenvalue weighted by atomic mass is 16.5. The Balaban J connectivity index is 1.43. The molecular formula is C18H27N3O3. The van der Waals surface area contributed by atoms with E-state index in [4.69, 9.17) is 9.47 Å². The van der Waals surface area contributed by atoms with Gasteiger partial charge in [-0.1, -0.05) is 0 Å². The first-order chi connectivity index (χ1) is 11.7. The highest BCUT2D eigenvalue weighted by Gasteiger charge is 2.27. The molecule has 6 heteroatoms. The third-order valence-electron chi connectivity index (χ3n) is 4.78. The Labute approximate surface area is 143 Å². The van der Waals surface area contributed by atoms with E-state index >= 15 is 0 Å². The standard InChI is InChI=1S/C18H27N3O3/c1-13-17(3-2-8-20-13)24-16-6-4-15(5-7-16)21-18(22)14-11-19-9-10-23-12-14/h2-3,8,14-16,19H,4-7,9-12H2,1H3,(H,21,22). The van der Waals surface area contributed by atoms with E-state index in [1.807, 2.05) is 19.1 Å². The Morgan fingerprint density at radius 1 is 1.38 bits per heavy atom. The summed E-state index contributed by atoms with van der Waals surface area (Å²) in [4.78, 5) is 16.6. The van der Waals surface area contributed by atoms with E-state index in [0.717, 1.165) is 43.7 Å². The van der Waals surface area contributed by atoms with Gasteiger partial charge in [0.15, 0.2) is 0 Å². The van der Waals surface area contributed by atoms with Crippen molar-refractivity contribution in [2.24, 2.45) is 5.92 Å². The molecule has 0 aromatic carbocycles. The fraction of sp³-hybridized carbons (Fsp3) is 0.667. The average Bonchev–Trinajstić information content (AvgIpc) is 2.88. The first-order valence-electron chi connectivity index (χ1n) is 8.89. The highest BCUT2D eigenvalue weighted by molar-refractivity contribution is 5.79. The van der Waals surface area contributed by atoms with Crippen LogP contribution in [0.2, 0.25) is 0 Å². The maximum Gasteiger partial charge on any atom is 0.226 e. The second-order valence-electron chi connectivity index (χ2n) is 6.66. The molecule has 1 aromatic rings. The number of rotatable bonds is 4. The second-order valence-corrected chi connectivity index (χ2v) is 6.66. The van der Waals surface area contributed by atoms with Gasteiger partial charge in [0.1, 0.15) is 5.75 Å². The van der Waals surface area contributed by atoms with Gasteiger partial charge in [0.25, 0.3) is 0 Å². The van der Waals surface area contributed by atoms with Crippen LogP contribution in [0.25, 0.3) is 0 Å². The van der Waals surface area contributed by atoms with Crippen molar-refractivity contribution in [3.63, 3.8) is 0 Å². The van der Waals surface area contributed by atoms with Crippen molar-refractivity contribution < 1.29 is 14.3 Å². The Morgan fingerprint density at radius 3 is 3.00 bits per heavy atom. The molecule has 0 radical (unpaired) electrons. The number of hydrogen-bond donors (Lipinski definition) is 2. The molecule has 1 unspecified atom stereocenters. The molecule has 1 aliphatic carbocycles. The molecule has 2 aliphatic rings. The topological polar surface area (TPSA) is 72.5 Å². The molecule has 24 heavy (non-hydrogen) atoms. The van der Waals surface area contributed by atoms with Gasteiger partial charge in [0.05, 0.1) is 30.9 Å². The number of carbonyl (C=O) groups excluding carboxylic acids is 1. The largest absolute Gasteiger partial charge is 0.489 e. The zero-order valence-electron chi connectivity index (χ0n) is 14.3. The third-order valence-corrected chi connectivity index (χ3v) is 4.78. The normalized spacial score (nSPS) is 28.0. The number of pyridine rings is 1. The molecule has 6 nitrogen and oxygen atoms in total. The predicted octanol–water partition coefficient (Wildman–Crippen LogP) is 1.43. The summed E-state index contributed by atoms with van der Waals surface area (Å²) in [7, 11) is 0. The number of nitrogens with one attached hydrogen (secondary N) is 2. The molecule has 0 spiro atoms. The van der Waals surface area contributed by atoms with Crippen molar-refractivity contribution in [2.45, 2.75) is 44.8 Å². The molecule has 2 N–H and O–H groups in total. The zero-order valence-corrected chi connectivity index (χ0v) is 14.3. The molecular weight excluding hydrogens is 306 g/mol. The summed E-state index contributed by atoms with van der Waals surface area (Å²) in [6, 6.07) is 4.11. The van der Waals surface area contributed by atoms with Crippen molar-refractivity contribution in [1.82, 2.24) is 15.6 Å². The van der Waals surface area contributed by atoms with E-state index < -0.39 is 0 Å². The lowest BCUT2D eigenvalue weighted by Crippen LogP contribution is -2.45. The van der Waals surface area contributed by atoms with E-state index in [0.29, 0.717) is 19.8 Å². The molecule has 1 saturated carbocycles. The first-order valence-corrected chi connectivity index (χ1v) is 8.89. The van der Waals surface area contributed by atoms with Crippen LogP contribution in [0.15, 0.2) is 18.3 Å². The van der Waals surface area contributed by atoms with Crippen molar-refractivity contribution in [1.29, 1.82) is 0 Å². The molecule has 2 fully saturated rings. The number of amides is 1. The van der Waals surface area contributed by atoms with Gasteiger partial charge in [-0.05, 0) is 44.7 Å². The van der Waals surface area contributed by atoms with E-state index in [-0.39, 0.29) is 24.0 Å². The molecule has 132 valence electrons. The third kappa shape index (κ3) is 4.68. The fourth-order valence-electron chi connectivity index (χ4n) is 3.29. The van der Waals surface area contributed by atoms with Gasteiger partial charge in [0.2, 0.25) is 5.91 Å². The number of nitrogens with zero attached hydrogens (tertiary/aromatic N) is 1. The number of carbonyl (C=O) groups is 1. The van der Waals surface area contributed by atoms with Crippen molar-refractivity contribution in [3.05, 3.63) is 24.0 Å². The van der Waals surface area contributed by atoms with Gasteiger partial charge >= 0.3 is 0 Å². The zero-order chi connectivity index (χ0) is 16.8. The minimum atomic E-state index is -0.0838. The van der Waals surface area contributed by atoms with Crippen LogP contribution in [0.1, 0.15) is 31.4 Å². The second kappa shape index (κ2) is 8.44. The molecule has 2 heterocycles. The molecule has 1 saturated heterocycles. The quantitative estimate of drug-likeness (QED) is 0.872. The Bertz CT molecular complexity index is 536. The van der Waals surface area contributed by atoms with Crippen LogP contribution in [-0.2, 0) is 9.53 Å². The summed E-state index contributed by atoms with van der Waals surface area (Å²) in [6.45, 7) is 4.67. The Kier molecular flexibility index (Phi) is 6.04. The van der Waals surface area contributed by atoms with Gasteiger partial charge in [-0.3, -0.25) is 9.78 Å². The fourth-order valence-corrected chi connectivity index (χ4v) is 3.29. The van der Waals surface area contributed by atoms with Crippen LogP contribution in [0.5, 0.6) is 5.75 Å². The van der Waals surface area contributed by atoms with Gasteiger partial charge in [-0.25, -0.2) is 0 Å². The molecule has 1 aromatic heterocycles. The highest BCUT2D eigenvalue weighted by Crippen LogP contribution is 2.25.